The van der Waals surface area contributed by atoms with Gasteiger partial charge in [-0.05, 0) is 42.3 Å². The van der Waals surface area contributed by atoms with Crippen LogP contribution in [0.25, 0.3) is 6.08 Å². The van der Waals surface area contributed by atoms with Gasteiger partial charge in [-0.15, -0.1) is 0 Å². The molecule has 2 aromatic rings. The first kappa shape index (κ1) is 22.8. The topological polar surface area (TPSA) is 97.7 Å². The predicted molar refractivity (Wildman–Crippen MR) is 112 cm³/mol. The number of hydrogen-bond acceptors (Lipinski definition) is 6. The minimum absolute atomic E-state index is 0.0385. The maximum absolute atomic E-state index is 12.1. The number of nitriles is 1. The van der Waals surface area contributed by atoms with Gasteiger partial charge in [-0.3, -0.25) is 4.79 Å². The minimum Gasteiger partial charge on any atom is -0.493 e. The Labute approximate surface area is 179 Å². The molecule has 0 bridgehead atoms. The van der Waals surface area contributed by atoms with E-state index >= 15 is 0 Å². The molecule has 1 N–H and O–H groups in total. The highest BCUT2D eigenvalue weighted by atomic mass is 35.5. The highest BCUT2D eigenvalue weighted by molar-refractivity contribution is 6.32. The Kier molecular flexibility index (Phi) is 8.73. The van der Waals surface area contributed by atoms with Crippen molar-refractivity contribution in [2.45, 2.75) is 13.3 Å². The van der Waals surface area contributed by atoms with Crippen molar-refractivity contribution >= 4 is 29.6 Å². The van der Waals surface area contributed by atoms with Crippen molar-refractivity contribution < 1.29 is 23.8 Å². The van der Waals surface area contributed by atoms with Gasteiger partial charge in [0.2, 0.25) is 0 Å². The van der Waals surface area contributed by atoms with Crippen LogP contribution in [0.15, 0.2) is 48.0 Å². The molecule has 0 spiro atoms. The van der Waals surface area contributed by atoms with E-state index in [9.17, 15) is 14.9 Å². The smallest absolute Gasteiger partial charge is 0.349 e. The summed E-state index contributed by atoms with van der Waals surface area (Å²) in [5.41, 5.74) is 0.505. The number of nitrogens with one attached hydrogen (secondary N) is 1. The first-order valence-corrected chi connectivity index (χ1v) is 9.52. The van der Waals surface area contributed by atoms with E-state index in [4.69, 9.17) is 25.8 Å². The third-order valence-electron chi connectivity index (χ3n) is 3.81. The average molecular weight is 429 g/mol. The lowest BCUT2D eigenvalue weighted by molar-refractivity contribution is -0.136. The van der Waals surface area contributed by atoms with Crippen LogP contribution in [-0.2, 0) is 9.59 Å². The van der Waals surface area contributed by atoms with Gasteiger partial charge < -0.3 is 19.5 Å². The summed E-state index contributed by atoms with van der Waals surface area (Å²) in [6.45, 7) is 2.05. The second kappa shape index (κ2) is 11.5. The number of hydrogen-bond donors (Lipinski definition) is 1. The van der Waals surface area contributed by atoms with Gasteiger partial charge in [-0.2, -0.15) is 5.26 Å². The van der Waals surface area contributed by atoms with Crippen LogP contribution < -0.4 is 19.5 Å². The van der Waals surface area contributed by atoms with Crippen LogP contribution in [0.4, 0.5) is 0 Å². The zero-order valence-electron chi connectivity index (χ0n) is 16.6. The van der Waals surface area contributed by atoms with Gasteiger partial charge >= 0.3 is 5.97 Å². The molecular formula is C22H21ClN2O5. The molecule has 156 valence electrons. The number of rotatable bonds is 9. The average Bonchev–Trinajstić information content (AvgIpc) is 2.76. The molecule has 7 nitrogen and oxygen atoms in total. The third-order valence-corrected chi connectivity index (χ3v) is 4.12. The molecule has 0 aliphatic carbocycles. The molecule has 2 aromatic carbocycles. The van der Waals surface area contributed by atoms with Crippen molar-refractivity contribution in [2.24, 2.45) is 0 Å². The number of carbonyl (C=O) groups excluding carboxylic acids is 2. The molecule has 0 atom stereocenters. The molecule has 0 aromatic heterocycles. The zero-order valence-corrected chi connectivity index (χ0v) is 17.4. The summed E-state index contributed by atoms with van der Waals surface area (Å²) in [7, 11) is 1.42. The number of ether oxygens (including phenoxy) is 3. The van der Waals surface area contributed by atoms with E-state index in [1.165, 1.54) is 19.3 Å². The molecule has 0 saturated heterocycles. The van der Waals surface area contributed by atoms with E-state index in [2.05, 4.69) is 5.32 Å². The Bertz CT molecular complexity index is 982. The molecule has 30 heavy (non-hydrogen) atoms. The first-order chi connectivity index (χ1) is 14.5. The number of esters is 1. The molecule has 0 heterocycles. The Morgan fingerprint density at radius 2 is 1.93 bits per heavy atom. The fourth-order valence-electron chi connectivity index (χ4n) is 2.36. The van der Waals surface area contributed by atoms with Crippen molar-refractivity contribution in [3.8, 4) is 23.3 Å². The lowest BCUT2D eigenvalue weighted by atomic mass is 10.1. The van der Waals surface area contributed by atoms with E-state index in [1.807, 2.05) is 13.0 Å². The third kappa shape index (κ3) is 6.54. The fraction of sp³-hybridized carbons (Fsp3) is 0.227. The second-order valence-corrected chi connectivity index (χ2v) is 6.44. The van der Waals surface area contributed by atoms with Crippen molar-refractivity contribution in [3.63, 3.8) is 0 Å². The van der Waals surface area contributed by atoms with Crippen LogP contribution in [0.1, 0.15) is 18.9 Å². The summed E-state index contributed by atoms with van der Waals surface area (Å²) in [6.07, 6.45) is 2.19. The summed E-state index contributed by atoms with van der Waals surface area (Å²) in [4.78, 5) is 24.1. The van der Waals surface area contributed by atoms with Crippen LogP contribution in [0.2, 0.25) is 5.02 Å². The van der Waals surface area contributed by atoms with Crippen molar-refractivity contribution in [3.05, 3.63) is 58.6 Å². The fourth-order valence-corrected chi connectivity index (χ4v) is 2.55. The standard InChI is InChI=1S/C22H21ClN2O5/c1-3-10-25-22(27)16(13-24)11-15-8-9-19(20(12-15)28-2)30-21(26)14-29-18-7-5-4-6-17(18)23/h4-9,11-12H,3,10,14H2,1-2H3,(H,25,27)/b16-11+. The summed E-state index contributed by atoms with van der Waals surface area (Å²) in [5, 5.41) is 12.3. The van der Waals surface area contributed by atoms with Crippen molar-refractivity contribution in [1.82, 2.24) is 5.32 Å². The van der Waals surface area contributed by atoms with Crippen LogP contribution in [0, 0.1) is 11.3 Å². The summed E-state index contributed by atoms with van der Waals surface area (Å²) in [5.74, 6) is -0.287. The molecule has 8 heteroatoms. The zero-order chi connectivity index (χ0) is 21.9. The lowest BCUT2D eigenvalue weighted by Crippen LogP contribution is -2.25. The molecule has 0 saturated carbocycles. The maximum atomic E-state index is 12.1. The Balaban J connectivity index is 2.08. The number of carbonyl (C=O) groups is 2. The van der Waals surface area contributed by atoms with Crippen molar-refractivity contribution in [2.75, 3.05) is 20.3 Å². The van der Waals surface area contributed by atoms with Gasteiger partial charge in [0.1, 0.15) is 17.4 Å². The first-order valence-electron chi connectivity index (χ1n) is 9.14. The van der Waals surface area contributed by atoms with Crippen LogP contribution in [-0.4, -0.2) is 32.1 Å². The number of halogens is 1. The molecule has 1 amide bonds. The molecule has 0 aliphatic heterocycles. The summed E-state index contributed by atoms with van der Waals surface area (Å²) in [6, 6.07) is 13.3. The molecule has 0 unspecified atom stereocenters. The number of nitrogens with zero attached hydrogens (tertiary/aromatic N) is 1. The summed E-state index contributed by atoms with van der Waals surface area (Å²) < 4.78 is 15.9. The Morgan fingerprint density at radius 3 is 2.60 bits per heavy atom. The largest absolute Gasteiger partial charge is 0.493 e. The minimum atomic E-state index is -0.645. The van der Waals surface area contributed by atoms with E-state index in [0.29, 0.717) is 22.9 Å². The molecule has 0 radical (unpaired) electrons. The summed E-state index contributed by atoms with van der Waals surface area (Å²) >= 11 is 5.98. The van der Waals surface area contributed by atoms with Gasteiger partial charge in [0.15, 0.2) is 18.1 Å². The SMILES string of the molecule is CCCNC(=O)/C(C#N)=C/c1ccc(OC(=O)COc2ccccc2Cl)c(OC)c1. The van der Waals surface area contributed by atoms with Gasteiger partial charge in [0.05, 0.1) is 12.1 Å². The quantitative estimate of drug-likeness (QED) is 0.282. The molecular weight excluding hydrogens is 408 g/mol. The monoisotopic (exact) mass is 428 g/mol. The van der Waals surface area contributed by atoms with E-state index in [-0.39, 0.29) is 23.7 Å². The van der Waals surface area contributed by atoms with Gasteiger partial charge in [0.25, 0.3) is 5.91 Å². The highest BCUT2D eigenvalue weighted by Crippen LogP contribution is 2.29. The van der Waals surface area contributed by atoms with E-state index < -0.39 is 11.9 Å². The molecule has 2 rings (SSSR count). The Morgan fingerprint density at radius 1 is 1.17 bits per heavy atom. The number of amides is 1. The molecule has 0 fully saturated rings. The maximum Gasteiger partial charge on any atom is 0.349 e. The van der Waals surface area contributed by atoms with Crippen molar-refractivity contribution in [1.29, 1.82) is 5.26 Å². The number of para-hydroxylation sites is 1. The van der Waals surface area contributed by atoms with Crippen LogP contribution >= 0.6 is 11.6 Å². The van der Waals surface area contributed by atoms with E-state index in [1.54, 1.807) is 36.4 Å². The van der Waals surface area contributed by atoms with Gasteiger partial charge in [0, 0.05) is 6.54 Å². The Hall–Kier alpha value is -3.50. The van der Waals surface area contributed by atoms with Crippen LogP contribution in [0.5, 0.6) is 17.2 Å². The van der Waals surface area contributed by atoms with Gasteiger partial charge in [-0.1, -0.05) is 36.7 Å². The second-order valence-electron chi connectivity index (χ2n) is 6.03. The highest BCUT2D eigenvalue weighted by Gasteiger charge is 2.14. The normalized spacial score (nSPS) is 10.7. The van der Waals surface area contributed by atoms with Crippen LogP contribution in [0.3, 0.4) is 0 Å². The lowest BCUT2D eigenvalue weighted by Gasteiger charge is -2.11. The molecule has 0 aliphatic rings. The predicted octanol–water partition coefficient (Wildman–Crippen LogP) is 3.77. The van der Waals surface area contributed by atoms with E-state index in [0.717, 1.165) is 6.42 Å². The van der Waals surface area contributed by atoms with Gasteiger partial charge in [-0.25, -0.2) is 4.79 Å². The number of methoxy groups -OCH3 is 1. The number of benzene rings is 2.